The molecule has 4 heteroatoms. The van der Waals surface area contributed by atoms with Crippen LogP contribution in [0.5, 0.6) is 0 Å². The highest BCUT2D eigenvalue weighted by Crippen LogP contribution is 2.30. The number of β-lactam (4-membered cyclic amide) rings is 1. The van der Waals surface area contributed by atoms with Crippen LogP contribution in [0.2, 0.25) is 0 Å². The van der Waals surface area contributed by atoms with E-state index in [9.17, 15) is 4.79 Å². The number of hydrogen-bond acceptors (Lipinski definition) is 3. The topological polar surface area (TPSA) is 47.3 Å². The highest BCUT2D eigenvalue weighted by atomic mass is 16.2. The summed E-state index contributed by atoms with van der Waals surface area (Å²) < 4.78 is 0. The third-order valence-corrected chi connectivity index (χ3v) is 2.34. The van der Waals surface area contributed by atoms with Gasteiger partial charge in [0.05, 0.1) is 19.3 Å². The molecule has 0 atom stereocenters. The summed E-state index contributed by atoms with van der Waals surface area (Å²) in [6.07, 6.45) is 0.618. The summed E-state index contributed by atoms with van der Waals surface area (Å²) in [5.41, 5.74) is -0.0270. The van der Waals surface area contributed by atoms with Crippen LogP contribution in [0, 0.1) is 11.3 Å². The zero-order valence-corrected chi connectivity index (χ0v) is 8.37. The van der Waals surface area contributed by atoms with Gasteiger partial charge in [-0.25, -0.2) is 0 Å². The quantitative estimate of drug-likeness (QED) is 0.468. The van der Waals surface area contributed by atoms with E-state index in [-0.39, 0.29) is 11.4 Å². The van der Waals surface area contributed by atoms with Gasteiger partial charge in [0.1, 0.15) is 0 Å². The Bertz CT molecular complexity index is 254. The van der Waals surface area contributed by atoms with E-state index in [0.717, 1.165) is 0 Å². The fourth-order valence-corrected chi connectivity index (χ4v) is 1.49. The fourth-order valence-electron chi connectivity index (χ4n) is 1.49. The van der Waals surface area contributed by atoms with Gasteiger partial charge in [0.2, 0.25) is 5.91 Å². The van der Waals surface area contributed by atoms with Crippen molar-refractivity contribution in [1.29, 1.82) is 5.26 Å². The van der Waals surface area contributed by atoms with E-state index in [1.807, 2.05) is 25.8 Å². The van der Waals surface area contributed by atoms with Gasteiger partial charge in [-0.05, 0) is 20.9 Å². The molecule has 4 nitrogen and oxygen atoms in total. The van der Waals surface area contributed by atoms with E-state index in [4.69, 9.17) is 5.26 Å². The summed E-state index contributed by atoms with van der Waals surface area (Å²) in [6, 6.07) is 2.05. The average molecular weight is 181 g/mol. The maximum atomic E-state index is 11.2. The number of carbonyl (C=O) groups is 1. The molecule has 0 unspecified atom stereocenters. The van der Waals surface area contributed by atoms with Crippen molar-refractivity contribution in [2.75, 3.05) is 20.3 Å². The lowest BCUT2D eigenvalue weighted by molar-refractivity contribution is -0.157. The second-order valence-corrected chi connectivity index (χ2v) is 4.12. The van der Waals surface area contributed by atoms with E-state index in [1.54, 1.807) is 4.90 Å². The van der Waals surface area contributed by atoms with Crippen molar-refractivity contribution < 1.29 is 4.79 Å². The highest BCUT2D eigenvalue weighted by molar-refractivity contribution is 5.84. The number of hydrogen-bond donors (Lipinski definition) is 0. The summed E-state index contributed by atoms with van der Waals surface area (Å²) in [5.74, 6) is 0.176. The van der Waals surface area contributed by atoms with E-state index >= 15 is 0 Å². The molecule has 0 bridgehead atoms. The standard InChI is InChI=1S/C9H15N3O/c1-9(2)6-8(13)12(9)7-11(3)5-4-10/h5-7H2,1-3H3. The van der Waals surface area contributed by atoms with Gasteiger partial charge in [0.15, 0.2) is 0 Å². The monoisotopic (exact) mass is 181 g/mol. The summed E-state index contributed by atoms with van der Waals surface area (Å²) in [4.78, 5) is 14.8. The molecule has 0 N–H and O–H groups in total. The molecule has 1 rings (SSSR count). The Labute approximate surface area is 78.7 Å². The minimum absolute atomic E-state index is 0.0270. The average Bonchev–Trinajstić information content (AvgIpc) is 2.00. The number of carbonyl (C=O) groups excluding carboxylic acids is 1. The Hall–Kier alpha value is -1.08. The molecule has 1 heterocycles. The van der Waals surface area contributed by atoms with Crippen LogP contribution in [0.1, 0.15) is 20.3 Å². The van der Waals surface area contributed by atoms with E-state index in [1.165, 1.54) is 0 Å². The molecule has 0 aromatic rings. The number of nitrogens with zero attached hydrogens (tertiary/aromatic N) is 3. The molecule has 0 saturated carbocycles. The predicted molar refractivity (Wildman–Crippen MR) is 48.7 cm³/mol. The third kappa shape index (κ3) is 1.99. The molecule has 1 fully saturated rings. The lowest BCUT2D eigenvalue weighted by Gasteiger charge is -2.48. The fraction of sp³-hybridized carbons (Fsp3) is 0.778. The van der Waals surface area contributed by atoms with Crippen molar-refractivity contribution in [2.45, 2.75) is 25.8 Å². The van der Waals surface area contributed by atoms with Crippen molar-refractivity contribution in [3.05, 3.63) is 0 Å². The Morgan fingerprint density at radius 3 is 2.69 bits per heavy atom. The molecule has 1 amide bonds. The zero-order chi connectivity index (χ0) is 10.1. The van der Waals surface area contributed by atoms with Crippen LogP contribution in [-0.2, 0) is 4.79 Å². The molecule has 0 aromatic heterocycles. The molecular formula is C9H15N3O. The van der Waals surface area contributed by atoms with Gasteiger partial charge in [0.25, 0.3) is 0 Å². The van der Waals surface area contributed by atoms with Crippen LogP contribution < -0.4 is 0 Å². The van der Waals surface area contributed by atoms with Crippen molar-refractivity contribution in [3.63, 3.8) is 0 Å². The summed E-state index contributed by atoms with van der Waals surface area (Å²) in [7, 11) is 1.84. The molecule has 72 valence electrons. The Morgan fingerprint density at radius 1 is 1.69 bits per heavy atom. The molecule has 0 aliphatic carbocycles. The molecule has 0 spiro atoms. The summed E-state index contributed by atoms with van der Waals surface area (Å²) in [6.45, 7) is 4.99. The lowest BCUT2D eigenvalue weighted by atomic mass is 9.89. The van der Waals surface area contributed by atoms with Gasteiger partial charge < -0.3 is 4.90 Å². The SMILES string of the molecule is CN(CC#N)CN1C(=O)CC1(C)C. The second kappa shape index (κ2) is 3.35. The van der Waals surface area contributed by atoms with Crippen molar-refractivity contribution in [1.82, 2.24) is 9.80 Å². The first-order valence-corrected chi connectivity index (χ1v) is 4.33. The van der Waals surface area contributed by atoms with Gasteiger partial charge in [-0.1, -0.05) is 0 Å². The molecule has 0 radical (unpaired) electrons. The van der Waals surface area contributed by atoms with Crippen LogP contribution in [-0.4, -0.2) is 41.5 Å². The predicted octanol–water partition coefficient (Wildman–Crippen LogP) is 0.410. The van der Waals surface area contributed by atoms with Crippen LogP contribution >= 0.6 is 0 Å². The number of amides is 1. The molecular weight excluding hydrogens is 166 g/mol. The van der Waals surface area contributed by atoms with Gasteiger partial charge >= 0.3 is 0 Å². The Kier molecular flexibility index (Phi) is 2.58. The zero-order valence-electron chi connectivity index (χ0n) is 8.37. The Morgan fingerprint density at radius 2 is 2.31 bits per heavy atom. The first-order valence-electron chi connectivity index (χ1n) is 4.33. The van der Waals surface area contributed by atoms with Crippen molar-refractivity contribution in [2.24, 2.45) is 0 Å². The summed E-state index contributed by atoms with van der Waals surface area (Å²) in [5, 5.41) is 8.44. The first kappa shape index (κ1) is 10.0. The van der Waals surface area contributed by atoms with Crippen LogP contribution in [0.3, 0.4) is 0 Å². The van der Waals surface area contributed by atoms with Crippen LogP contribution in [0.15, 0.2) is 0 Å². The van der Waals surface area contributed by atoms with Gasteiger partial charge in [-0.2, -0.15) is 5.26 Å². The highest BCUT2D eigenvalue weighted by Gasteiger charge is 2.43. The number of rotatable bonds is 3. The van der Waals surface area contributed by atoms with Crippen LogP contribution in [0.25, 0.3) is 0 Å². The Balaban J connectivity index is 2.45. The molecule has 0 aromatic carbocycles. The minimum Gasteiger partial charge on any atom is -0.324 e. The van der Waals surface area contributed by atoms with Crippen LogP contribution in [0.4, 0.5) is 0 Å². The molecule has 1 saturated heterocycles. The third-order valence-electron chi connectivity index (χ3n) is 2.34. The lowest BCUT2D eigenvalue weighted by Crippen LogP contribution is -2.62. The normalized spacial score (nSPS) is 19.9. The molecule has 1 aliphatic rings. The molecule has 13 heavy (non-hydrogen) atoms. The largest absolute Gasteiger partial charge is 0.324 e. The van der Waals surface area contributed by atoms with E-state index < -0.39 is 0 Å². The van der Waals surface area contributed by atoms with E-state index in [0.29, 0.717) is 19.6 Å². The van der Waals surface area contributed by atoms with Crippen molar-refractivity contribution in [3.8, 4) is 6.07 Å². The summed E-state index contributed by atoms with van der Waals surface area (Å²) >= 11 is 0. The molecule has 1 aliphatic heterocycles. The maximum Gasteiger partial charge on any atom is 0.226 e. The van der Waals surface area contributed by atoms with E-state index in [2.05, 4.69) is 6.07 Å². The maximum absolute atomic E-state index is 11.2. The van der Waals surface area contributed by atoms with Crippen molar-refractivity contribution >= 4 is 5.91 Å². The smallest absolute Gasteiger partial charge is 0.226 e. The number of nitriles is 1. The van der Waals surface area contributed by atoms with Gasteiger partial charge in [-0.3, -0.25) is 9.69 Å². The number of likely N-dealkylation sites (tertiary alicyclic amines) is 1. The first-order chi connectivity index (χ1) is 5.97. The minimum atomic E-state index is -0.0270. The van der Waals surface area contributed by atoms with Gasteiger partial charge in [-0.15, -0.1) is 0 Å². The van der Waals surface area contributed by atoms with Gasteiger partial charge in [0, 0.05) is 12.0 Å². The second-order valence-electron chi connectivity index (χ2n) is 4.12.